The van der Waals surface area contributed by atoms with Crippen LogP contribution in [-0.4, -0.2) is 29.0 Å². The minimum Gasteiger partial charge on any atom is -0.298 e. The van der Waals surface area contributed by atoms with Gasteiger partial charge < -0.3 is 0 Å². The van der Waals surface area contributed by atoms with Crippen LogP contribution >= 0.6 is 0 Å². The molecule has 1 aromatic carbocycles. The molecule has 0 saturated heterocycles. The second kappa shape index (κ2) is 7.24. The van der Waals surface area contributed by atoms with Gasteiger partial charge in [0.2, 0.25) is 0 Å². The molecule has 0 aliphatic carbocycles. The minimum atomic E-state index is -3.71. The Labute approximate surface area is 162 Å². The number of benzene rings is 1. The van der Waals surface area contributed by atoms with Gasteiger partial charge >= 0.3 is 0 Å². The lowest BCUT2D eigenvalue weighted by Crippen LogP contribution is -2.18. The maximum Gasteiger partial charge on any atom is 0.276 e. The average molecular weight is 391 g/mol. The summed E-state index contributed by atoms with van der Waals surface area (Å²) in [4.78, 5) is 10.9. The molecule has 3 heterocycles. The molecule has 8 heteroatoms. The highest BCUT2D eigenvalue weighted by Crippen LogP contribution is 2.22. The summed E-state index contributed by atoms with van der Waals surface area (Å²) >= 11 is 0. The molecule has 140 valence electrons. The zero-order valence-electron chi connectivity index (χ0n) is 15.0. The van der Waals surface area contributed by atoms with Gasteiger partial charge in [-0.2, -0.15) is 13.5 Å². The van der Waals surface area contributed by atoms with Crippen molar-refractivity contribution in [1.82, 2.24) is 19.2 Å². The van der Waals surface area contributed by atoms with Gasteiger partial charge in [0.15, 0.2) is 0 Å². The van der Waals surface area contributed by atoms with E-state index < -0.39 is 10.0 Å². The summed E-state index contributed by atoms with van der Waals surface area (Å²) in [5.74, 6) is 0. The summed E-state index contributed by atoms with van der Waals surface area (Å²) in [6.45, 7) is 1.97. The van der Waals surface area contributed by atoms with E-state index in [9.17, 15) is 8.42 Å². The van der Waals surface area contributed by atoms with Crippen LogP contribution in [0.25, 0.3) is 16.8 Å². The van der Waals surface area contributed by atoms with Crippen molar-refractivity contribution in [2.24, 2.45) is 5.10 Å². The monoisotopic (exact) mass is 391 g/mol. The number of aromatic nitrogens is 3. The second-order valence-corrected chi connectivity index (χ2v) is 7.86. The summed E-state index contributed by atoms with van der Waals surface area (Å²) in [5, 5.41) is 3.91. The van der Waals surface area contributed by atoms with Crippen LogP contribution in [0.2, 0.25) is 0 Å². The highest BCUT2D eigenvalue weighted by Gasteiger charge is 2.12. The smallest absolute Gasteiger partial charge is 0.276 e. The van der Waals surface area contributed by atoms with Crippen molar-refractivity contribution in [3.63, 3.8) is 0 Å². The summed E-state index contributed by atoms with van der Waals surface area (Å²) in [6, 6.07) is 14.0. The molecule has 3 aromatic heterocycles. The van der Waals surface area contributed by atoms with Crippen molar-refractivity contribution in [2.45, 2.75) is 11.8 Å². The number of hydrazone groups is 1. The van der Waals surface area contributed by atoms with Gasteiger partial charge in [0.1, 0.15) is 5.65 Å². The fourth-order valence-corrected chi connectivity index (χ4v) is 3.69. The molecule has 0 fully saturated rings. The van der Waals surface area contributed by atoms with Crippen LogP contribution in [0.4, 0.5) is 0 Å². The van der Waals surface area contributed by atoms with Crippen LogP contribution in [0.1, 0.15) is 11.3 Å². The molecule has 0 aliphatic rings. The standard InChI is InChI=1S/C20H17N5O2S/c1-15-10-17(16-6-5-9-21-11-16)14-25-18(12-22-20(15)25)13-23-24-28(26,27)19-7-3-2-4-8-19/h2-14,24H,1H3. The lowest BCUT2D eigenvalue weighted by atomic mass is 10.1. The fraction of sp³-hybridized carbons (Fsp3) is 0.0500. The van der Waals surface area contributed by atoms with Crippen molar-refractivity contribution >= 4 is 21.9 Å². The SMILES string of the molecule is Cc1cc(-c2cccnc2)cn2c(C=NNS(=O)(=O)c3ccccc3)cnc12. The Morgan fingerprint density at radius 1 is 1.07 bits per heavy atom. The van der Waals surface area contributed by atoms with Crippen LogP contribution in [0, 0.1) is 6.92 Å². The third kappa shape index (κ3) is 3.49. The van der Waals surface area contributed by atoms with Gasteiger partial charge in [-0.05, 0) is 36.8 Å². The van der Waals surface area contributed by atoms with E-state index in [4.69, 9.17) is 0 Å². The molecule has 0 saturated carbocycles. The van der Waals surface area contributed by atoms with Crippen LogP contribution in [-0.2, 0) is 10.0 Å². The topological polar surface area (TPSA) is 88.7 Å². The molecule has 4 aromatic rings. The largest absolute Gasteiger partial charge is 0.298 e. The fourth-order valence-electron chi connectivity index (χ4n) is 2.88. The summed E-state index contributed by atoms with van der Waals surface area (Å²) in [7, 11) is -3.71. The number of hydrogen-bond acceptors (Lipinski definition) is 5. The van der Waals surface area contributed by atoms with Crippen LogP contribution in [0.5, 0.6) is 0 Å². The van der Waals surface area contributed by atoms with Gasteiger partial charge in [-0.15, -0.1) is 0 Å². The molecule has 28 heavy (non-hydrogen) atoms. The molecule has 0 radical (unpaired) electrons. The van der Waals surface area contributed by atoms with E-state index in [1.54, 1.807) is 36.8 Å². The number of rotatable bonds is 5. The predicted molar refractivity (Wildman–Crippen MR) is 108 cm³/mol. The lowest BCUT2D eigenvalue weighted by Gasteiger charge is -2.06. The quantitative estimate of drug-likeness (QED) is 0.418. The van der Waals surface area contributed by atoms with Gasteiger partial charge in [-0.25, -0.2) is 9.82 Å². The maximum absolute atomic E-state index is 12.3. The first-order valence-electron chi connectivity index (χ1n) is 8.53. The summed E-state index contributed by atoms with van der Waals surface area (Å²) in [6.07, 6.45) is 8.53. The molecule has 0 unspecified atom stereocenters. The number of aryl methyl sites for hydroxylation is 1. The number of sulfonamides is 1. The average Bonchev–Trinajstić information content (AvgIpc) is 3.13. The van der Waals surface area contributed by atoms with Crippen LogP contribution in [0.3, 0.4) is 0 Å². The molecule has 0 aliphatic heterocycles. The molecule has 0 amide bonds. The van der Waals surface area contributed by atoms with Gasteiger partial charge in [0, 0.05) is 29.7 Å². The number of pyridine rings is 2. The molecule has 0 spiro atoms. The molecule has 7 nitrogen and oxygen atoms in total. The number of imidazole rings is 1. The molecular formula is C20H17N5O2S. The first-order chi connectivity index (χ1) is 13.5. The first-order valence-corrected chi connectivity index (χ1v) is 10.0. The van der Waals surface area contributed by atoms with Gasteiger partial charge in [0.25, 0.3) is 10.0 Å². The maximum atomic E-state index is 12.3. The predicted octanol–water partition coefficient (Wildman–Crippen LogP) is 3.02. The number of fused-ring (bicyclic) bond motifs is 1. The minimum absolute atomic E-state index is 0.153. The van der Waals surface area contributed by atoms with E-state index in [0.29, 0.717) is 5.69 Å². The zero-order valence-corrected chi connectivity index (χ0v) is 15.8. The third-order valence-corrected chi connectivity index (χ3v) is 5.47. The van der Waals surface area contributed by atoms with Crippen LogP contribution in [0.15, 0.2) is 83.3 Å². The Bertz CT molecular complexity index is 1250. The van der Waals surface area contributed by atoms with Crippen molar-refractivity contribution in [1.29, 1.82) is 0 Å². The molecule has 0 atom stereocenters. The molecule has 4 rings (SSSR count). The Kier molecular flexibility index (Phi) is 4.62. The van der Waals surface area contributed by atoms with Gasteiger partial charge in [-0.1, -0.05) is 24.3 Å². The lowest BCUT2D eigenvalue weighted by molar-refractivity contribution is 0.584. The summed E-state index contributed by atoms with van der Waals surface area (Å²) in [5.41, 5.74) is 4.38. The number of hydrogen-bond donors (Lipinski definition) is 1. The van der Waals surface area contributed by atoms with E-state index in [0.717, 1.165) is 22.3 Å². The first kappa shape index (κ1) is 17.9. The van der Waals surface area contributed by atoms with Gasteiger partial charge in [-0.3, -0.25) is 9.38 Å². The Morgan fingerprint density at radius 3 is 2.64 bits per heavy atom. The number of nitrogens with zero attached hydrogens (tertiary/aromatic N) is 4. The third-order valence-electron chi connectivity index (χ3n) is 4.24. The van der Waals surface area contributed by atoms with E-state index in [2.05, 4.69) is 19.9 Å². The van der Waals surface area contributed by atoms with Gasteiger partial charge in [0.05, 0.1) is 23.0 Å². The van der Waals surface area contributed by atoms with E-state index in [1.807, 2.05) is 35.7 Å². The molecule has 1 N–H and O–H groups in total. The van der Waals surface area contributed by atoms with Crippen molar-refractivity contribution in [3.05, 3.63) is 84.6 Å². The van der Waals surface area contributed by atoms with Crippen LogP contribution < -0.4 is 4.83 Å². The Hall–Kier alpha value is -3.52. The normalized spacial score (nSPS) is 11.9. The van der Waals surface area contributed by atoms with Crippen molar-refractivity contribution in [2.75, 3.05) is 0 Å². The van der Waals surface area contributed by atoms with E-state index >= 15 is 0 Å². The summed E-state index contributed by atoms with van der Waals surface area (Å²) < 4.78 is 26.4. The number of nitrogens with one attached hydrogen (secondary N) is 1. The van der Waals surface area contributed by atoms with Crippen molar-refractivity contribution in [3.8, 4) is 11.1 Å². The van der Waals surface area contributed by atoms with Crippen molar-refractivity contribution < 1.29 is 8.42 Å². The highest BCUT2D eigenvalue weighted by atomic mass is 32.2. The second-order valence-electron chi connectivity index (χ2n) is 6.20. The zero-order chi connectivity index (χ0) is 19.6. The molecular weight excluding hydrogens is 374 g/mol. The Morgan fingerprint density at radius 2 is 1.89 bits per heavy atom. The highest BCUT2D eigenvalue weighted by molar-refractivity contribution is 7.89. The van der Waals surface area contributed by atoms with E-state index in [1.165, 1.54) is 18.3 Å². The van der Waals surface area contributed by atoms with E-state index in [-0.39, 0.29) is 4.90 Å². The molecule has 0 bridgehead atoms. The Balaban J connectivity index is 1.66.